The fourth-order valence-electron chi connectivity index (χ4n) is 3.93. The number of fused-ring (bicyclic) bond motifs is 1. The summed E-state index contributed by atoms with van der Waals surface area (Å²) in [5.74, 6) is 0.142. The van der Waals surface area contributed by atoms with Crippen molar-refractivity contribution in [3.8, 4) is 0 Å². The van der Waals surface area contributed by atoms with Crippen molar-refractivity contribution < 1.29 is 9.90 Å². The van der Waals surface area contributed by atoms with E-state index < -0.39 is 12.0 Å². The summed E-state index contributed by atoms with van der Waals surface area (Å²) in [7, 11) is 0. The first-order chi connectivity index (χ1) is 14.6. The van der Waals surface area contributed by atoms with Gasteiger partial charge in [-0.2, -0.15) is 0 Å². The number of aryl methyl sites for hydroxylation is 2. The van der Waals surface area contributed by atoms with E-state index in [1.54, 1.807) is 0 Å². The van der Waals surface area contributed by atoms with Crippen LogP contribution in [0.5, 0.6) is 0 Å². The molecule has 6 N–H and O–H groups in total. The summed E-state index contributed by atoms with van der Waals surface area (Å²) in [5, 5.41) is 23.3. The van der Waals surface area contributed by atoms with Crippen LogP contribution in [0.1, 0.15) is 49.8 Å². The molecule has 0 aromatic carbocycles. The van der Waals surface area contributed by atoms with E-state index >= 15 is 0 Å². The number of carbonyl (C=O) groups is 1. The van der Waals surface area contributed by atoms with Gasteiger partial charge in [0, 0.05) is 24.8 Å². The predicted octanol–water partition coefficient (Wildman–Crippen LogP) is 2.11. The Bertz CT molecular complexity index is 762. The van der Waals surface area contributed by atoms with Crippen LogP contribution in [0.3, 0.4) is 0 Å². The highest BCUT2D eigenvalue weighted by atomic mass is 16.4. The maximum Gasteiger partial charge on any atom is 0.326 e. The highest BCUT2D eigenvalue weighted by Crippen LogP contribution is 2.27. The number of hydrogen-bond acceptors (Lipinski definition) is 6. The van der Waals surface area contributed by atoms with Gasteiger partial charge in [-0.05, 0) is 81.8 Å². The van der Waals surface area contributed by atoms with Crippen molar-refractivity contribution in [2.75, 3.05) is 25.0 Å². The van der Waals surface area contributed by atoms with Gasteiger partial charge in [-0.15, -0.1) is 0 Å². The van der Waals surface area contributed by atoms with Crippen LogP contribution in [-0.2, 0) is 17.6 Å². The number of unbranched alkanes of at least 4 members (excludes halogenated alkanes) is 1. The van der Waals surface area contributed by atoms with Gasteiger partial charge in [-0.1, -0.05) is 6.07 Å². The predicted molar refractivity (Wildman–Crippen MR) is 119 cm³/mol. The topological polar surface area (TPSA) is 127 Å². The van der Waals surface area contributed by atoms with Gasteiger partial charge in [-0.3, -0.25) is 5.41 Å². The second-order valence-corrected chi connectivity index (χ2v) is 8.16. The highest BCUT2D eigenvalue weighted by Gasteiger charge is 2.29. The number of anilines is 1. The number of hydrogen-bond donors (Lipinski definition) is 5. The number of pyridine rings is 1. The quantitative estimate of drug-likeness (QED) is 0.201. The first-order valence-corrected chi connectivity index (χ1v) is 11.0. The lowest BCUT2D eigenvalue weighted by Crippen LogP contribution is -2.42. The monoisotopic (exact) mass is 414 g/mol. The van der Waals surface area contributed by atoms with Crippen molar-refractivity contribution in [2.24, 2.45) is 5.73 Å². The van der Waals surface area contributed by atoms with Crippen LogP contribution >= 0.6 is 0 Å². The summed E-state index contributed by atoms with van der Waals surface area (Å²) in [6.45, 7) is 2.70. The third-order valence-electron chi connectivity index (χ3n) is 5.74. The second kappa shape index (κ2) is 11.0. The summed E-state index contributed by atoms with van der Waals surface area (Å²) < 4.78 is 0. The number of nitrogens with two attached hydrogens (primary N) is 1. The maximum atomic E-state index is 11.5. The van der Waals surface area contributed by atoms with Gasteiger partial charge >= 0.3 is 5.97 Å². The normalized spacial score (nSPS) is 16.8. The third kappa shape index (κ3) is 6.73. The molecule has 0 spiro atoms. The van der Waals surface area contributed by atoms with Crippen LogP contribution in [0.25, 0.3) is 0 Å². The molecule has 1 aliphatic heterocycles. The molecule has 1 aromatic heterocycles. The Hall–Kier alpha value is -2.61. The molecule has 0 saturated heterocycles. The first-order valence-electron chi connectivity index (χ1n) is 11.0. The Kier molecular flexibility index (Phi) is 8.07. The molecule has 2 heterocycles. The average Bonchev–Trinajstić information content (AvgIpc) is 3.57. The number of rotatable bonds is 12. The Labute approximate surface area is 178 Å². The minimum Gasteiger partial charge on any atom is -0.480 e. The summed E-state index contributed by atoms with van der Waals surface area (Å²) in [6, 6.07) is 4.16. The zero-order valence-electron chi connectivity index (χ0n) is 17.6. The third-order valence-corrected chi connectivity index (χ3v) is 5.74. The van der Waals surface area contributed by atoms with Crippen LogP contribution < -0.4 is 16.4 Å². The molecule has 164 valence electrons. The van der Waals surface area contributed by atoms with Gasteiger partial charge in [0.25, 0.3) is 0 Å². The van der Waals surface area contributed by atoms with Gasteiger partial charge in [0.1, 0.15) is 17.7 Å². The smallest absolute Gasteiger partial charge is 0.326 e. The molecule has 8 heteroatoms. The number of nitrogens with one attached hydrogen (secondary N) is 3. The first kappa shape index (κ1) is 22.1. The maximum absolute atomic E-state index is 11.5. The molecular formula is C22H34N6O2. The molecule has 8 nitrogen and oxygen atoms in total. The molecular weight excluding hydrogens is 380 g/mol. The van der Waals surface area contributed by atoms with Crippen LogP contribution in [0, 0.1) is 5.41 Å². The molecule has 1 unspecified atom stereocenters. The van der Waals surface area contributed by atoms with Crippen molar-refractivity contribution in [1.82, 2.24) is 15.2 Å². The number of nitrogens with zero attached hydrogens (tertiary/aromatic N) is 2. The summed E-state index contributed by atoms with van der Waals surface area (Å²) in [5.41, 5.74) is 7.73. The molecule has 1 atom stereocenters. The standard InChI is InChI=1S/C22H34N6O2/c23-12-10-20(24)27-19(22(29)30)11-15-28(18-8-9-18)14-2-1-5-17-7-6-16-4-3-13-25-21(16)26-17/h6-7,10,12,18-19H,1-5,8-9,11,13-15,23H2,(H2,24,27)(H,25,26)(H,29,30)/b12-10-. The molecule has 1 aliphatic carbocycles. The Morgan fingerprint density at radius 2 is 2.23 bits per heavy atom. The number of aliphatic carboxylic acids is 1. The average molecular weight is 415 g/mol. The summed E-state index contributed by atoms with van der Waals surface area (Å²) in [4.78, 5) is 18.7. The molecule has 0 radical (unpaired) electrons. The van der Waals surface area contributed by atoms with Gasteiger partial charge in [0.15, 0.2) is 0 Å². The number of carboxylic acid groups (broad SMARTS) is 1. The zero-order valence-corrected chi connectivity index (χ0v) is 17.6. The largest absolute Gasteiger partial charge is 0.480 e. The van der Waals surface area contributed by atoms with Crippen molar-refractivity contribution in [2.45, 2.75) is 63.5 Å². The molecule has 1 saturated carbocycles. The Morgan fingerprint density at radius 3 is 2.97 bits per heavy atom. The van der Waals surface area contributed by atoms with Gasteiger partial charge < -0.3 is 26.4 Å². The lowest BCUT2D eigenvalue weighted by Gasteiger charge is -2.24. The van der Waals surface area contributed by atoms with Crippen LogP contribution in [-0.4, -0.2) is 58.5 Å². The van der Waals surface area contributed by atoms with Crippen molar-refractivity contribution in [1.29, 1.82) is 5.41 Å². The van der Waals surface area contributed by atoms with E-state index in [0.717, 1.165) is 56.8 Å². The molecule has 2 aliphatic rings. The highest BCUT2D eigenvalue weighted by molar-refractivity contribution is 5.93. The number of carboxylic acids is 1. The van der Waals surface area contributed by atoms with E-state index in [-0.39, 0.29) is 5.84 Å². The van der Waals surface area contributed by atoms with Crippen LogP contribution in [0.15, 0.2) is 24.4 Å². The fourth-order valence-corrected chi connectivity index (χ4v) is 3.93. The van der Waals surface area contributed by atoms with Crippen molar-refractivity contribution >= 4 is 17.6 Å². The van der Waals surface area contributed by atoms with Crippen molar-refractivity contribution in [3.05, 3.63) is 35.7 Å². The van der Waals surface area contributed by atoms with E-state index in [9.17, 15) is 9.90 Å². The van der Waals surface area contributed by atoms with E-state index in [1.165, 1.54) is 37.1 Å². The summed E-state index contributed by atoms with van der Waals surface area (Å²) in [6.07, 6.45) is 10.8. The lowest BCUT2D eigenvalue weighted by molar-refractivity contribution is -0.139. The minimum atomic E-state index is -0.937. The van der Waals surface area contributed by atoms with Crippen LogP contribution in [0.2, 0.25) is 0 Å². The second-order valence-electron chi connectivity index (χ2n) is 8.16. The van der Waals surface area contributed by atoms with Crippen LogP contribution in [0.4, 0.5) is 5.82 Å². The van der Waals surface area contributed by atoms with Crippen molar-refractivity contribution in [3.63, 3.8) is 0 Å². The lowest BCUT2D eigenvalue weighted by atomic mass is 10.1. The zero-order chi connectivity index (χ0) is 21.3. The molecule has 3 rings (SSSR count). The number of aromatic nitrogens is 1. The van der Waals surface area contributed by atoms with E-state index in [0.29, 0.717) is 12.5 Å². The van der Waals surface area contributed by atoms with E-state index in [4.69, 9.17) is 16.1 Å². The Balaban J connectivity index is 1.42. The number of amidine groups is 1. The summed E-state index contributed by atoms with van der Waals surface area (Å²) >= 11 is 0. The SMILES string of the molecule is N=C(/C=C\N)NC(CCN(CCCCc1ccc2c(n1)NCCC2)C1CC1)C(=O)O. The minimum absolute atomic E-state index is 0.0231. The molecule has 1 aromatic rings. The Morgan fingerprint density at radius 1 is 1.40 bits per heavy atom. The molecule has 30 heavy (non-hydrogen) atoms. The van der Waals surface area contributed by atoms with E-state index in [2.05, 4.69) is 27.7 Å². The van der Waals surface area contributed by atoms with Gasteiger partial charge in [0.2, 0.25) is 0 Å². The fraction of sp³-hybridized carbons (Fsp3) is 0.591. The molecule has 0 amide bonds. The molecule has 0 bridgehead atoms. The van der Waals surface area contributed by atoms with Gasteiger partial charge in [0.05, 0.1) is 0 Å². The van der Waals surface area contributed by atoms with E-state index in [1.807, 2.05) is 0 Å². The molecule has 1 fully saturated rings. The van der Waals surface area contributed by atoms with Gasteiger partial charge in [-0.25, -0.2) is 9.78 Å².